The van der Waals surface area contributed by atoms with Crippen LogP contribution in [-0.2, 0) is 4.79 Å². The smallest absolute Gasteiger partial charge is 0.323 e. The van der Waals surface area contributed by atoms with Gasteiger partial charge in [-0.15, -0.1) is 0 Å². The first-order valence-electron chi connectivity index (χ1n) is 6.51. The predicted octanol–water partition coefficient (Wildman–Crippen LogP) is 2.50. The third-order valence-electron chi connectivity index (χ3n) is 3.24. The largest absolute Gasteiger partial charge is 0.480 e. The minimum Gasteiger partial charge on any atom is -0.480 e. The summed E-state index contributed by atoms with van der Waals surface area (Å²) in [4.78, 5) is 17.2. The number of carbonyl (C=O) groups is 1. The van der Waals surface area contributed by atoms with Gasteiger partial charge in [-0.05, 0) is 19.3 Å². The molecule has 1 aromatic heterocycles. The number of hydrogen-bond donors (Lipinski definition) is 1. The number of carboxylic acid groups (broad SMARTS) is 1. The van der Waals surface area contributed by atoms with Crippen LogP contribution < -0.4 is 4.90 Å². The molecule has 1 aliphatic rings. The van der Waals surface area contributed by atoms with Crippen molar-refractivity contribution in [3.63, 3.8) is 0 Å². The SMILES string of the molecule is CCCN(CC(=O)O)c1nc(C2CCCC2)ns1. The second-order valence-electron chi connectivity index (χ2n) is 4.73. The zero-order valence-electron chi connectivity index (χ0n) is 10.6. The van der Waals surface area contributed by atoms with Crippen LogP contribution in [0.2, 0.25) is 0 Å². The number of nitrogens with zero attached hydrogens (tertiary/aromatic N) is 3. The van der Waals surface area contributed by atoms with Crippen molar-refractivity contribution in [3.8, 4) is 0 Å². The third-order valence-corrected chi connectivity index (χ3v) is 4.03. The Bertz CT molecular complexity index is 402. The van der Waals surface area contributed by atoms with Crippen LogP contribution in [-0.4, -0.2) is 33.5 Å². The van der Waals surface area contributed by atoms with Crippen molar-refractivity contribution in [2.24, 2.45) is 0 Å². The maximum absolute atomic E-state index is 10.8. The molecule has 100 valence electrons. The van der Waals surface area contributed by atoms with Gasteiger partial charge in [0.25, 0.3) is 0 Å². The standard InChI is InChI=1S/C12H19N3O2S/c1-2-7-15(8-10(16)17)12-13-11(14-18-12)9-5-3-4-6-9/h9H,2-8H2,1H3,(H,16,17). The van der Waals surface area contributed by atoms with Gasteiger partial charge >= 0.3 is 5.97 Å². The summed E-state index contributed by atoms with van der Waals surface area (Å²) in [6, 6.07) is 0. The fourth-order valence-corrected chi connectivity index (χ4v) is 3.15. The lowest BCUT2D eigenvalue weighted by atomic mass is 10.1. The fraction of sp³-hybridized carbons (Fsp3) is 0.750. The van der Waals surface area contributed by atoms with Crippen LogP contribution in [0, 0.1) is 0 Å². The van der Waals surface area contributed by atoms with Crippen LogP contribution in [0.5, 0.6) is 0 Å². The summed E-state index contributed by atoms with van der Waals surface area (Å²) in [5.41, 5.74) is 0. The topological polar surface area (TPSA) is 66.3 Å². The van der Waals surface area contributed by atoms with Crippen LogP contribution >= 0.6 is 11.5 Å². The molecule has 6 heteroatoms. The van der Waals surface area contributed by atoms with E-state index < -0.39 is 5.97 Å². The van der Waals surface area contributed by atoms with E-state index in [9.17, 15) is 4.79 Å². The molecule has 1 aromatic rings. The molecule has 0 radical (unpaired) electrons. The fourth-order valence-electron chi connectivity index (χ4n) is 2.38. The maximum atomic E-state index is 10.8. The lowest BCUT2D eigenvalue weighted by Gasteiger charge is -2.17. The molecule has 0 spiro atoms. The van der Waals surface area contributed by atoms with Gasteiger partial charge in [-0.2, -0.15) is 4.37 Å². The Balaban J connectivity index is 2.07. The minimum absolute atomic E-state index is 0.00708. The highest BCUT2D eigenvalue weighted by Crippen LogP contribution is 2.34. The molecule has 0 amide bonds. The van der Waals surface area contributed by atoms with Crippen molar-refractivity contribution >= 4 is 22.6 Å². The second-order valence-corrected chi connectivity index (χ2v) is 5.46. The van der Waals surface area contributed by atoms with Crippen molar-refractivity contribution in [3.05, 3.63) is 5.82 Å². The summed E-state index contributed by atoms with van der Waals surface area (Å²) in [7, 11) is 0. The molecule has 0 aromatic carbocycles. The molecular formula is C12H19N3O2S. The van der Waals surface area contributed by atoms with Gasteiger partial charge in [-0.1, -0.05) is 19.8 Å². The molecule has 1 aliphatic carbocycles. The van der Waals surface area contributed by atoms with E-state index in [1.807, 2.05) is 6.92 Å². The number of aliphatic carboxylic acids is 1. The Morgan fingerprint density at radius 2 is 2.22 bits per heavy atom. The van der Waals surface area contributed by atoms with Crippen LogP contribution in [0.3, 0.4) is 0 Å². The quantitative estimate of drug-likeness (QED) is 0.859. The third kappa shape index (κ3) is 3.19. The Labute approximate surface area is 111 Å². The van der Waals surface area contributed by atoms with Crippen LogP contribution in [0.1, 0.15) is 50.8 Å². The Morgan fingerprint density at radius 1 is 1.50 bits per heavy atom. The summed E-state index contributed by atoms with van der Waals surface area (Å²) in [5, 5.41) is 9.66. The van der Waals surface area contributed by atoms with E-state index in [2.05, 4.69) is 9.36 Å². The molecule has 0 unspecified atom stereocenters. The summed E-state index contributed by atoms with van der Waals surface area (Å²) in [6.07, 6.45) is 5.76. The Hall–Kier alpha value is -1.17. The molecule has 18 heavy (non-hydrogen) atoms. The van der Waals surface area contributed by atoms with E-state index in [-0.39, 0.29) is 6.54 Å². The van der Waals surface area contributed by atoms with E-state index >= 15 is 0 Å². The molecule has 0 atom stereocenters. The number of hydrogen-bond acceptors (Lipinski definition) is 5. The normalized spacial score (nSPS) is 16.1. The number of anilines is 1. The van der Waals surface area contributed by atoms with Gasteiger partial charge in [0.15, 0.2) is 0 Å². The summed E-state index contributed by atoms with van der Waals surface area (Å²) in [5.74, 6) is 0.586. The lowest BCUT2D eigenvalue weighted by molar-refractivity contribution is -0.135. The molecule has 0 bridgehead atoms. The summed E-state index contributed by atoms with van der Waals surface area (Å²) < 4.78 is 4.40. The number of rotatable bonds is 6. The monoisotopic (exact) mass is 269 g/mol. The molecule has 0 aliphatic heterocycles. The molecule has 2 rings (SSSR count). The Kier molecular flexibility index (Phi) is 4.52. The summed E-state index contributed by atoms with van der Waals surface area (Å²) in [6.45, 7) is 2.76. The van der Waals surface area contributed by atoms with Gasteiger partial charge in [0.2, 0.25) is 5.13 Å². The molecule has 1 heterocycles. The average Bonchev–Trinajstić information content (AvgIpc) is 2.99. The van der Waals surface area contributed by atoms with Crippen molar-refractivity contribution < 1.29 is 9.90 Å². The van der Waals surface area contributed by atoms with E-state index in [1.165, 1.54) is 37.2 Å². The number of aromatic nitrogens is 2. The van der Waals surface area contributed by atoms with E-state index in [4.69, 9.17) is 5.11 Å². The predicted molar refractivity (Wildman–Crippen MR) is 71.3 cm³/mol. The summed E-state index contributed by atoms with van der Waals surface area (Å²) >= 11 is 1.33. The van der Waals surface area contributed by atoms with Gasteiger partial charge in [0.05, 0.1) is 0 Å². The van der Waals surface area contributed by atoms with Crippen molar-refractivity contribution in [2.45, 2.75) is 44.9 Å². The van der Waals surface area contributed by atoms with Gasteiger partial charge in [0.1, 0.15) is 12.4 Å². The molecule has 5 nitrogen and oxygen atoms in total. The minimum atomic E-state index is -0.818. The Morgan fingerprint density at radius 3 is 2.83 bits per heavy atom. The molecule has 1 fully saturated rings. The highest BCUT2D eigenvalue weighted by Gasteiger charge is 2.23. The van der Waals surface area contributed by atoms with Gasteiger partial charge in [-0.3, -0.25) is 4.79 Å². The first-order valence-corrected chi connectivity index (χ1v) is 7.28. The maximum Gasteiger partial charge on any atom is 0.323 e. The van der Waals surface area contributed by atoms with Crippen LogP contribution in [0.25, 0.3) is 0 Å². The lowest BCUT2D eigenvalue weighted by Crippen LogP contribution is -2.30. The van der Waals surface area contributed by atoms with E-state index in [1.54, 1.807) is 4.90 Å². The molecule has 1 N–H and O–H groups in total. The first kappa shape index (κ1) is 13.3. The molecular weight excluding hydrogens is 250 g/mol. The highest BCUT2D eigenvalue weighted by atomic mass is 32.1. The second kappa shape index (κ2) is 6.13. The number of carboxylic acids is 1. The van der Waals surface area contributed by atoms with Gasteiger partial charge in [0, 0.05) is 24.0 Å². The average molecular weight is 269 g/mol. The molecule has 1 saturated carbocycles. The van der Waals surface area contributed by atoms with Gasteiger partial charge in [-0.25, -0.2) is 4.98 Å². The van der Waals surface area contributed by atoms with Gasteiger partial charge < -0.3 is 10.0 Å². The van der Waals surface area contributed by atoms with Crippen LogP contribution in [0.4, 0.5) is 5.13 Å². The van der Waals surface area contributed by atoms with Crippen molar-refractivity contribution in [2.75, 3.05) is 18.0 Å². The first-order chi connectivity index (χ1) is 8.70. The van der Waals surface area contributed by atoms with E-state index in [0.717, 1.165) is 17.4 Å². The zero-order valence-corrected chi connectivity index (χ0v) is 11.4. The van der Waals surface area contributed by atoms with E-state index in [0.29, 0.717) is 12.5 Å². The molecule has 0 saturated heterocycles. The van der Waals surface area contributed by atoms with Crippen molar-refractivity contribution in [1.82, 2.24) is 9.36 Å². The highest BCUT2D eigenvalue weighted by molar-refractivity contribution is 7.09. The van der Waals surface area contributed by atoms with Crippen molar-refractivity contribution in [1.29, 1.82) is 0 Å². The van der Waals surface area contributed by atoms with Crippen LogP contribution in [0.15, 0.2) is 0 Å². The zero-order chi connectivity index (χ0) is 13.0.